The fourth-order valence-corrected chi connectivity index (χ4v) is 6.35. The van der Waals surface area contributed by atoms with E-state index in [4.69, 9.17) is 18.5 Å². The number of phosphoric acid groups is 1. The van der Waals surface area contributed by atoms with Crippen LogP contribution in [-0.2, 0) is 27.9 Å². The highest BCUT2D eigenvalue weighted by Gasteiger charge is 2.26. The summed E-state index contributed by atoms with van der Waals surface area (Å²) in [6, 6.07) is 0. The van der Waals surface area contributed by atoms with E-state index in [2.05, 4.69) is 86.8 Å². The summed E-state index contributed by atoms with van der Waals surface area (Å²) >= 11 is 0. The molecule has 9 heteroatoms. The zero-order chi connectivity index (χ0) is 41.3. The molecule has 0 aliphatic carbocycles. The molecule has 0 saturated carbocycles. The molecule has 2 unspecified atom stereocenters. The van der Waals surface area contributed by atoms with Gasteiger partial charge in [0.2, 0.25) is 0 Å². The third kappa shape index (κ3) is 43.1. The molecule has 0 aromatic carbocycles. The number of ether oxygens (including phenoxy) is 2. The summed E-state index contributed by atoms with van der Waals surface area (Å²) < 4.78 is 34.9. The van der Waals surface area contributed by atoms with Crippen LogP contribution in [0.2, 0.25) is 0 Å². The number of unbranched alkanes of at least 4 members (excludes halogenated alkanes) is 14. The van der Waals surface area contributed by atoms with E-state index in [1.165, 1.54) is 83.5 Å². The first-order valence-corrected chi connectivity index (χ1v) is 23.7. The van der Waals surface area contributed by atoms with Crippen molar-refractivity contribution in [2.75, 3.05) is 54.1 Å². The first-order chi connectivity index (χ1) is 27.1. The molecule has 2 atom stereocenters. The van der Waals surface area contributed by atoms with Gasteiger partial charge in [-0.2, -0.15) is 0 Å². The van der Waals surface area contributed by atoms with E-state index in [1.807, 2.05) is 21.1 Å². The summed E-state index contributed by atoms with van der Waals surface area (Å²) in [5.41, 5.74) is 0. The van der Waals surface area contributed by atoms with Crippen molar-refractivity contribution in [2.45, 2.75) is 168 Å². The van der Waals surface area contributed by atoms with Crippen molar-refractivity contribution in [1.29, 1.82) is 0 Å². The van der Waals surface area contributed by atoms with Gasteiger partial charge < -0.3 is 18.9 Å². The predicted octanol–water partition coefficient (Wildman–Crippen LogP) is 13.1. The third-order valence-electron chi connectivity index (χ3n) is 9.02. The topological polar surface area (TPSA) is 91.3 Å². The van der Waals surface area contributed by atoms with Crippen molar-refractivity contribution >= 4 is 13.8 Å². The Bertz CT molecular complexity index is 1120. The minimum Gasteiger partial charge on any atom is -0.457 e. The molecule has 0 aromatic heterocycles. The van der Waals surface area contributed by atoms with Crippen molar-refractivity contribution in [1.82, 2.24) is 0 Å². The Morgan fingerprint density at radius 3 is 1.55 bits per heavy atom. The van der Waals surface area contributed by atoms with Gasteiger partial charge in [-0.05, 0) is 70.6 Å². The number of phosphoric ester groups is 1. The van der Waals surface area contributed by atoms with Crippen LogP contribution in [0.15, 0.2) is 72.9 Å². The molecule has 324 valence electrons. The maximum atomic E-state index is 12.7. The Hall–Kier alpha value is -2.06. The van der Waals surface area contributed by atoms with E-state index in [9.17, 15) is 14.3 Å². The highest BCUT2D eigenvalue weighted by atomic mass is 31.2. The Morgan fingerprint density at radius 1 is 0.571 bits per heavy atom. The summed E-state index contributed by atoms with van der Waals surface area (Å²) in [5.74, 6) is -0.345. The van der Waals surface area contributed by atoms with Crippen LogP contribution in [0.1, 0.15) is 162 Å². The standard InChI is InChI=1S/C47H84NO7P/c1-6-8-10-12-14-16-18-20-22-24-25-26-28-30-32-34-36-38-40-47(49)55-46(45-54-56(50,51)53-43-41-48(3,4)5)44-52-42-39-37-35-33-31-29-27-23-21-19-17-15-13-11-9-7-2/h9,11,15,17,21-24,29,31,35,37,46H,6-8,10,12-14,16,18-20,25-28,30,32-34,36,38-45H2,1-5H3/p+1/b11-9-,17-15-,23-21-,24-22-,31-29-,37-35-. The number of rotatable bonds is 40. The molecular formula is C47H85NO7P+. The van der Waals surface area contributed by atoms with Gasteiger partial charge in [0.1, 0.15) is 19.3 Å². The summed E-state index contributed by atoms with van der Waals surface area (Å²) in [7, 11) is 1.61. The molecule has 0 aliphatic heterocycles. The highest BCUT2D eigenvalue weighted by Crippen LogP contribution is 2.43. The van der Waals surface area contributed by atoms with Crippen molar-refractivity contribution in [2.24, 2.45) is 0 Å². The number of nitrogens with zero attached hydrogens (tertiary/aromatic N) is 1. The minimum absolute atomic E-state index is 0.0713. The number of carbonyl (C=O) groups is 1. The minimum atomic E-state index is -4.30. The quantitative estimate of drug-likeness (QED) is 0.0217. The molecule has 0 fully saturated rings. The zero-order valence-corrected chi connectivity index (χ0v) is 37.5. The van der Waals surface area contributed by atoms with Crippen LogP contribution in [-0.4, -0.2) is 75.6 Å². The summed E-state index contributed by atoms with van der Waals surface area (Å²) in [6.07, 6.45) is 51.0. The first-order valence-electron chi connectivity index (χ1n) is 22.2. The van der Waals surface area contributed by atoms with Gasteiger partial charge in [-0.3, -0.25) is 13.8 Å². The molecule has 1 N–H and O–H groups in total. The lowest BCUT2D eigenvalue weighted by Gasteiger charge is -2.24. The molecule has 0 aromatic rings. The van der Waals surface area contributed by atoms with Gasteiger partial charge in [-0.15, -0.1) is 0 Å². The van der Waals surface area contributed by atoms with Crippen LogP contribution in [0, 0.1) is 0 Å². The summed E-state index contributed by atoms with van der Waals surface area (Å²) in [4.78, 5) is 22.9. The smallest absolute Gasteiger partial charge is 0.457 e. The monoisotopic (exact) mass is 807 g/mol. The molecule has 0 radical (unpaired) electrons. The number of hydrogen-bond acceptors (Lipinski definition) is 6. The van der Waals surface area contributed by atoms with Gasteiger partial charge in [0, 0.05) is 6.42 Å². The van der Waals surface area contributed by atoms with E-state index in [-0.39, 0.29) is 25.8 Å². The van der Waals surface area contributed by atoms with Crippen molar-refractivity contribution in [3.05, 3.63) is 72.9 Å². The zero-order valence-electron chi connectivity index (χ0n) is 36.6. The molecule has 56 heavy (non-hydrogen) atoms. The maximum Gasteiger partial charge on any atom is 0.472 e. The average Bonchev–Trinajstić information content (AvgIpc) is 3.15. The Balaban J connectivity index is 4.35. The van der Waals surface area contributed by atoms with Crippen LogP contribution in [0.3, 0.4) is 0 Å². The lowest BCUT2D eigenvalue weighted by Crippen LogP contribution is -2.37. The number of esters is 1. The molecule has 0 heterocycles. The van der Waals surface area contributed by atoms with Crippen LogP contribution >= 0.6 is 7.82 Å². The molecule has 0 aliphatic rings. The highest BCUT2D eigenvalue weighted by molar-refractivity contribution is 7.47. The molecule has 0 amide bonds. The Morgan fingerprint density at radius 2 is 1.04 bits per heavy atom. The van der Waals surface area contributed by atoms with Crippen LogP contribution in [0.25, 0.3) is 0 Å². The SMILES string of the molecule is CC/C=C\C/C=C\C/C=C\C/C=C\C/C=C\CCOCC(COP(=O)(O)OCC[N+](C)(C)C)OC(=O)CCCCCCCCC/C=C\CCCCCCCCC. The van der Waals surface area contributed by atoms with Crippen LogP contribution in [0.5, 0.6) is 0 Å². The lowest BCUT2D eigenvalue weighted by molar-refractivity contribution is -0.870. The van der Waals surface area contributed by atoms with Crippen LogP contribution in [0.4, 0.5) is 0 Å². The molecule has 0 bridgehead atoms. The van der Waals surface area contributed by atoms with Crippen molar-refractivity contribution in [3.63, 3.8) is 0 Å². The van der Waals surface area contributed by atoms with Gasteiger partial charge in [0.05, 0.1) is 41.0 Å². The molecule has 0 spiro atoms. The van der Waals surface area contributed by atoms with Crippen LogP contribution < -0.4 is 0 Å². The molecule has 0 rings (SSSR count). The molecule has 8 nitrogen and oxygen atoms in total. The van der Waals surface area contributed by atoms with E-state index in [1.54, 1.807) is 0 Å². The fourth-order valence-electron chi connectivity index (χ4n) is 5.61. The fraction of sp³-hybridized carbons (Fsp3) is 0.723. The van der Waals surface area contributed by atoms with Crippen molar-refractivity contribution < 1.29 is 37.3 Å². The van der Waals surface area contributed by atoms with Gasteiger partial charge in [-0.25, -0.2) is 4.57 Å². The number of hydrogen-bond donors (Lipinski definition) is 1. The van der Waals surface area contributed by atoms with Crippen molar-refractivity contribution in [3.8, 4) is 0 Å². The van der Waals surface area contributed by atoms with E-state index in [0.717, 1.165) is 51.4 Å². The van der Waals surface area contributed by atoms with E-state index < -0.39 is 13.9 Å². The van der Waals surface area contributed by atoms with Gasteiger partial charge in [-0.1, -0.05) is 157 Å². The second kappa shape index (κ2) is 39.8. The van der Waals surface area contributed by atoms with Gasteiger partial charge in [0.15, 0.2) is 0 Å². The van der Waals surface area contributed by atoms with Gasteiger partial charge >= 0.3 is 13.8 Å². The Kier molecular flexibility index (Phi) is 38.3. The summed E-state index contributed by atoms with van der Waals surface area (Å²) in [5, 5.41) is 0. The number of quaternary nitrogens is 1. The first kappa shape index (κ1) is 53.9. The number of likely N-dealkylation sites (N-methyl/N-ethyl adjacent to an activating group) is 1. The normalized spacial score (nSPS) is 14.5. The molecule has 0 saturated heterocycles. The second-order valence-corrected chi connectivity index (χ2v) is 17.1. The lowest BCUT2D eigenvalue weighted by atomic mass is 10.1. The maximum absolute atomic E-state index is 12.7. The average molecular weight is 807 g/mol. The summed E-state index contributed by atoms with van der Waals surface area (Å²) in [6.45, 7) is 5.26. The van der Waals surface area contributed by atoms with E-state index in [0.29, 0.717) is 30.5 Å². The molecular weight excluding hydrogens is 721 g/mol. The second-order valence-electron chi connectivity index (χ2n) is 15.7. The van der Waals surface area contributed by atoms with Gasteiger partial charge in [0.25, 0.3) is 0 Å². The third-order valence-corrected chi connectivity index (χ3v) is 10.0. The number of carbonyl (C=O) groups excluding carboxylic acids is 1. The number of allylic oxidation sites excluding steroid dienone is 11. The predicted molar refractivity (Wildman–Crippen MR) is 238 cm³/mol. The largest absolute Gasteiger partial charge is 0.472 e. The Labute approximate surface area is 344 Å². The van der Waals surface area contributed by atoms with E-state index >= 15 is 0 Å².